The van der Waals surface area contributed by atoms with Gasteiger partial charge in [0, 0.05) is 10.6 Å². The Morgan fingerprint density at radius 3 is 2.41 bits per heavy atom. The van der Waals surface area contributed by atoms with E-state index in [1.165, 1.54) is 0 Å². The van der Waals surface area contributed by atoms with Crippen LogP contribution in [0.25, 0.3) is 0 Å². The van der Waals surface area contributed by atoms with Gasteiger partial charge in [0.2, 0.25) is 0 Å². The van der Waals surface area contributed by atoms with E-state index in [-0.39, 0.29) is 6.61 Å². The normalized spacial score (nSPS) is 10.5. The number of aliphatic hydroxyl groups is 1. The minimum absolute atomic E-state index is 0.0770. The van der Waals surface area contributed by atoms with Crippen LogP contribution in [-0.4, -0.2) is 15.3 Å². The van der Waals surface area contributed by atoms with Gasteiger partial charge >= 0.3 is 0 Å². The van der Waals surface area contributed by atoms with Gasteiger partial charge in [0.15, 0.2) is 5.15 Å². The molecule has 1 aromatic heterocycles. The van der Waals surface area contributed by atoms with Crippen molar-refractivity contribution in [3.05, 3.63) is 52.8 Å². The number of rotatable bonds is 4. The molecule has 0 unspecified atom stereocenters. The molecule has 5 heteroatoms. The Labute approximate surface area is 109 Å². The zero-order valence-corrected chi connectivity index (χ0v) is 10.6. The second-order valence-electron chi connectivity index (χ2n) is 3.44. The van der Waals surface area contributed by atoms with Crippen molar-refractivity contribution >= 4 is 23.4 Å². The molecule has 88 valence electrons. The average Bonchev–Trinajstić information content (AvgIpc) is 2.39. The molecule has 0 fully saturated rings. The Kier molecular flexibility index (Phi) is 4.36. The molecule has 0 saturated heterocycles. The molecule has 2 rings (SSSR count). The summed E-state index contributed by atoms with van der Waals surface area (Å²) < 4.78 is 0. The fourth-order valence-electron chi connectivity index (χ4n) is 1.27. The summed E-state index contributed by atoms with van der Waals surface area (Å²) in [5.74, 6) is 0.753. The average molecular weight is 267 g/mol. The van der Waals surface area contributed by atoms with Gasteiger partial charge in [0.05, 0.1) is 12.3 Å². The smallest absolute Gasteiger partial charge is 0.151 e. The predicted molar refractivity (Wildman–Crippen MR) is 69.0 cm³/mol. The van der Waals surface area contributed by atoms with Gasteiger partial charge in [-0.1, -0.05) is 23.7 Å². The summed E-state index contributed by atoms with van der Waals surface area (Å²) >= 11 is 7.33. The molecule has 0 bridgehead atoms. The summed E-state index contributed by atoms with van der Waals surface area (Å²) in [6.45, 7) is 0.0770. The number of benzene rings is 1. The van der Waals surface area contributed by atoms with Crippen LogP contribution in [0, 0.1) is 0 Å². The molecule has 2 aromatic rings. The lowest BCUT2D eigenvalue weighted by Gasteiger charge is -2.02. The Morgan fingerprint density at radius 2 is 1.82 bits per heavy atom. The maximum Gasteiger partial charge on any atom is 0.151 e. The first-order chi connectivity index (χ1) is 8.28. The fourth-order valence-corrected chi connectivity index (χ4v) is 2.17. The lowest BCUT2D eigenvalue weighted by molar-refractivity contribution is 0.282. The second-order valence-corrected chi connectivity index (χ2v) is 4.87. The van der Waals surface area contributed by atoms with E-state index in [1.54, 1.807) is 17.8 Å². The topological polar surface area (TPSA) is 46.0 Å². The Bertz CT molecular complexity index is 473. The highest BCUT2D eigenvalue weighted by atomic mass is 35.5. The van der Waals surface area contributed by atoms with E-state index in [4.69, 9.17) is 16.7 Å². The minimum atomic E-state index is 0.0770. The van der Waals surface area contributed by atoms with Crippen molar-refractivity contribution in [3.8, 4) is 0 Å². The van der Waals surface area contributed by atoms with E-state index in [0.29, 0.717) is 5.15 Å². The van der Waals surface area contributed by atoms with Crippen LogP contribution in [0.1, 0.15) is 11.3 Å². The van der Waals surface area contributed by atoms with Crippen LogP contribution in [0.3, 0.4) is 0 Å². The van der Waals surface area contributed by atoms with E-state index in [0.717, 1.165) is 21.9 Å². The number of nitrogens with zero attached hydrogens (tertiary/aromatic N) is 2. The van der Waals surface area contributed by atoms with Gasteiger partial charge in [-0.05, 0) is 29.8 Å². The Balaban J connectivity index is 1.95. The molecule has 0 spiro atoms. The molecule has 1 aromatic carbocycles. The minimum Gasteiger partial charge on any atom is -0.392 e. The van der Waals surface area contributed by atoms with E-state index >= 15 is 0 Å². The van der Waals surface area contributed by atoms with Crippen LogP contribution in [-0.2, 0) is 12.4 Å². The van der Waals surface area contributed by atoms with Crippen LogP contribution in [0.4, 0.5) is 0 Å². The summed E-state index contributed by atoms with van der Waals surface area (Å²) in [6, 6.07) is 11.4. The van der Waals surface area contributed by atoms with Gasteiger partial charge < -0.3 is 5.11 Å². The molecule has 0 atom stereocenters. The molecule has 0 aliphatic carbocycles. The third kappa shape index (κ3) is 3.70. The van der Waals surface area contributed by atoms with E-state index in [1.807, 2.05) is 30.3 Å². The van der Waals surface area contributed by atoms with Gasteiger partial charge in [0.1, 0.15) is 0 Å². The first-order valence-electron chi connectivity index (χ1n) is 5.08. The molecule has 0 radical (unpaired) electrons. The molecule has 17 heavy (non-hydrogen) atoms. The van der Waals surface area contributed by atoms with Crippen LogP contribution in [0.2, 0.25) is 5.15 Å². The molecule has 1 N–H and O–H groups in total. The van der Waals surface area contributed by atoms with Gasteiger partial charge in [-0.15, -0.1) is 16.9 Å². The Hall–Kier alpha value is -1.10. The number of halogens is 1. The fraction of sp³-hybridized carbons (Fsp3) is 0.167. The summed E-state index contributed by atoms with van der Waals surface area (Å²) in [4.78, 5) is 1.14. The van der Waals surface area contributed by atoms with Crippen LogP contribution in [0.15, 0.2) is 41.3 Å². The lowest BCUT2D eigenvalue weighted by atomic mass is 10.2. The zero-order chi connectivity index (χ0) is 12.1. The van der Waals surface area contributed by atoms with E-state index in [9.17, 15) is 0 Å². The predicted octanol–water partition coefficient (Wildman–Crippen LogP) is 2.91. The number of hydrogen-bond donors (Lipinski definition) is 1. The van der Waals surface area contributed by atoms with Crippen LogP contribution in [0.5, 0.6) is 0 Å². The standard InChI is InChI=1S/C12H11ClN2OS/c13-12-6-3-10(14-15-12)8-17-11-4-1-9(7-16)2-5-11/h1-6,16H,7-8H2. The molecule has 0 amide bonds. The Morgan fingerprint density at radius 1 is 1.06 bits per heavy atom. The monoisotopic (exact) mass is 266 g/mol. The molecule has 1 heterocycles. The summed E-state index contributed by atoms with van der Waals surface area (Å²) in [7, 11) is 0. The quantitative estimate of drug-likeness (QED) is 0.865. The SMILES string of the molecule is OCc1ccc(SCc2ccc(Cl)nn2)cc1. The van der Waals surface area contributed by atoms with Gasteiger partial charge in [-0.2, -0.15) is 5.10 Å². The molecule has 0 aliphatic rings. The summed E-state index contributed by atoms with van der Waals surface area (Å²) in [6.07, 6.45) is 0. The highest BCUT2D eigenvalue weighted by molar-refractivity contribution is 7.98. The van der Waals surface area contributed by atoms with Crippen molar-refractivity contribution in [1.29, 1.82) is 0 Å². The maximum atomic E-state index is 8.92. The summed E-state index contributed by atoms with van der Waals surface area (Å²) in [5, 5.41) is 17.1. The first kappa shape index (κ1) is 12.4. The number of aromatic nitrogens is 2. The highest BCUT2D eigenvalue weighted by Crippen LogP contribution is 2.22. The number of aliphatic hydroxyl groups excluding tert-OH is 1. The van der Waals surface area contributed by atoms with Crippen molar-refractivity contribution in [1.82, 2.24) is 10.2 Å². The molecule has 0 saturated carbocycles. The van der Waals surface area contributed by atoms with Crippen molar-refractivity contribution in [2.45, 2.75) is 17.3 Å². The molecular weight excluding hydrogens is 256 g/mol. The van der Waals surface area contributed by atoms with Crippen molar-refractivity contribution < 1.29 is 5.11 Å². The van der Waals surface area contributed by atoms with Crippen LogP contribution >= 0.6 is 23.4 Å². The van der Waals surface area contributed by atoms with Gasteiger partial charge in [-0.25, -0.2) is 0 Å². The van der Waals surface area contributed by atoms with E-state index < -0.39 is 0 Å². The second kappa shape index (κ2) is 6.00. The van der Waals surface area contributed by atoms with Crippen LogP contribution < -0.4 is 0 Å². The molecular formula is C12H11ClN2OS. The lowest BCUT2D eigenvalue weighted by Crippen LogP contribution is -1.90. The van der Waals surface area contributed by atoms with Gasteiger partial charge in [-0.3, -0.25) is 0 Å². The van der Waals surface area contributed by atoms with Crippen molar-refractivity contribution in [2.24, 2.45) is 0 Å². The number of thioether (sulfide) groups is 1. The maximum absolute atomic E-state index is 8.92. The highest BCUT2D eigenvalue weighted by Gasteiger charge is 1.99. The molecule has 3 nitrogen and oxygen atoms in total. The first-order valence-corrected chi connectivity index (χ1v) is 6.45. The molecule has 0 aliphatic heterocycles. The summed E-state index contributed by atoms with van der Waals surface area (Å²) in [5.41, 5.74) is 1.81. The van der Waals surface area contributed by atoms with Crippen molar-refractivity contribution in [2.75, 3.05) is 0 Å². The van der Waals surface area contributed by atoms with E-state index in [2.05, 4.69) is 10.2 Å². The third-order valence-electron chi connectivity index (χ3n) is 2.18. The van der Waals surface area contributed by atoms with Crippen molar-refractivity contribution in [3.63, 3.8) is 0 Å². The van der Waals surface area contributed by atoms with Gasteiger partial charge in [0.25, 0.3) is 0 Å². The largest absolute Gasteiger partial charge is 0.392 e. The zero-order valence-electron chi connectivity index (χ0n) is 9.01. The third-order valence-corrected chi connectivity index (χ3v) is 3.43. The number of hydrogen-bond acceptors (Lipinski definition) is 4.